The van der Waals surface area contributed by atoms with Gasteiger partial charge in [-0.05, 0) is 72.7 Å². The molecule has 1 unspecified atom stereocenters. The summed E-state index contributed by atoms with van der Waals surface area (Å²) in [5, 5.41) is 1.32. The summed E-state index contributed by atoms with van der Waals surface area (Å²) in [5.74, 6) is 0. The van der Waals surface area contributed by atoms with E-state index in [0.717, 1.165) is 11.1 Å². The highest BCUT2D eigenvalue weighted by Crippen LogP contribution is 2.54. The molecular formula is C34H38O2Si2. The van der Waals surface area contributed by atoms with Gasteiger partial charge in [0.15, 0.2) is 8.32 Å². The quantitative estimate of drug-likeness (QED) is 0.230. The molecule has 1 fully saturated rings. The zero-order valence-electron chi connectivity index (χ0n) is 23.4. The molecule has 4 heteroatoms. The van der Waals surface area contributed by atoms with Gasteiger partial charge in [-0.3, -0.25) is 0 Å². The van der Waals surface area contributed by atoms with Crippen molar-refractivity contribution in [3.8, 4) is 0 Å². The average Bonchev–Trinajstić information content (AvgIpc) is 3.13. The maximum Gasteiger partial charge on any atom is 0.219 e. The second-order valence-corrected chi connectivity index (χ2v) is 19.9. The van der Waals surface area contributed by atoms with E-state index in [1.165, 1.54) is 27.5 Å². The van der Waals surface area contributed by atoms with E-state index in [4.69, 9.17) is 8.85 Å². The van der Waals surface area contributed by atoms with Gasteiger partial charge in [-0.25, -0.2) is 0 Å². The second-order valence-electron chi connectivity index (χ2n) is 11.7. The normalized spacial score (nSPS) is 19.8. The molecule has 1 aliphatic rings. The number of benzene rings is 4. The Bertz CT molecular complexity index is 1370. The van der Waals surface area contributed by atoms with Crippen LogP contribution in [0.15, 0.2) is 120 Å². The van der Waals surface area contributed by atoms with E-state index in [0.29, 0.717) is 0 Å². The predicted octanol–water partition coefficient (Wildman–Crippen LogP) is 8.74. The summed E-state index contributed by atoms with van der Waals surface area (Å²) >= 11 is 0. The van der Waals surface area contributed by atoms with Gasteiger partial charge in [-0.15, -0.1) is 0 Å². The lowest BCUT2D eigenvalue weighted by molar-refractivity contribution is 0.0260. The van der Waals surface area contributed by atoms with Gasteiger partial charge < -0.3 is 8.85 Å². The minimum atomic E-state index is -2.50. The Balaban J connectivity index is 1.91. The fraction of sp³-hybridized carbons (Fsp3) is 0.235. The molecule has 1 atom stereocenters. The molecule has 5 rings (SSSR count). The summed E-state index contributed by atoms with van der Waals surface area (Å²) < 4.78 is 14.8. The summed E-state index contributed by atoms with van der Waals surface area (Å²) in [6, 6.07) is 41.1. The highest BCUT2D eigenvalue weighted by atomic mass is 28.4. The Labute approximate surface area is 230 Å². The first kappa shape index (κ1) is 26.6. The van der Waals surface area contributed by atoms with Gasteiger partial charge in [0, 0.05) is 0 Å². The largest absolute Gasteiger partial charge is 0.408 e. The van der Waals surface area contributed by atoms with Crippen LogP contribution in [0.1, 0.15) is 27.8 Å². The van der Waals surface area contributed by atoms with Crippen molar-refractivity contribution in [3.05, 3.63) is 148 Å². The fourth-order valence-electron chi connectivity index (χ4n) is 5.72. The van der Waals surface area contributed by atoms with Crippen LogP contribution in [0.4, 0.5) is 0 Å². The van der Waals surface area contributed by atoms with Crippen LogP contribution in [-0.4, -0.2) is 22.7 Å². The van der Waals surface area contributed by atoms with E-state index >= 15 is 0 Å². The van der Waals surface area contributed by atoms with Crippen LogP contribution >= 0.6 is 0 Å². The highest BCUT2D eigenvalue weighted by molar-refractivity contribution is 6.81. The summed E-state index contributed by atoms with van der Waals surface area (Å²) in [6.45, 7) is 13.7. The molecule has 0 amide bonds. The average molecular weight is 535 g/mol. The fourth-order valence-corrected chi connectivity index (χ4v) is 9.87. The molecule has 0 aliphatic carbocycles. The smallest absolute Gasteiger partial charge is 0.219 e. The molecule has 0 N–H and O–H groups in total. The van der Waals surface area contributed by atoms with Crippen LogP contribution in [0, 0.1) is 6.92 Å². The topological polar surface area (TPSA) is 18.5 Å². The molecule has 1 saturated heterocycles. The van der Waals surface area contributed by atoms with Crippen LogP contribution < -0.4 is 0 Å². The van der Waals surface area contributed by atoms with E-state index in [1.807, 2.05) is 0 Å². The van der Waals surface area contributed by atoms with Crippen LogP contribution in [-0.2, 0) is 14.5 Å². The first-order chi connectivity index (χ1) is 18.1. The lowest BCUT2D eigenvalue weighted by atomic mass is 9.80. The molecule has 0 bridgehead atoms. The zero-order valence-corrected chi connectivity index (χ0v) is 25.4. The minimum absolute atomic E-state index is 0.253. The molecule has 0 spiro atoms. The van der Waals surface area contributed by atoms with E-state index in [9.17, 15) is 0 Å². The Hall–Kier alpha value is -3.03. The second kappa shape index (κ2) is 10.3. The van der Waals surface area contributed by atoms with Crippen LogP contribution in [0.25, 0.3) is 5.57 Å². The van der Waals surface area contributed by atoms with Crippen LogP contribution in [0.2, 0.25) is 32.7 Å². The molecule has 4 aromatic carbocycles. The van der Waals surface area contributed by atoms with Crippen LogP contribution in [0.5, 0.6) is 0 Å². The van der Waals surface area contributed by atoms with Crippen molar-refractivity contribution in [2.45, 2.75) is 51.4 Å². The lowest BCUT2D eigenvalue weighted by Crippen LogP contribution is -2.45. The molecule has 38 heavy (non-hydrogen) atoms. The maximum atomic E-state index is 7.51. The SMILES string of the molecule is Cc1ccc(/C(=C2\C(O[Si](C)(C)C)C(c3ccccc3)(c3ccccc3)O[Si]2(C)C)c2ccccc2)cc1. The zero-order chi connectivity index (χ0) is 27.0. The molecule has 0 aromatic heterocycles. The van der Waals surface area contributed by atoms with E-state index in [1.54, 1.807) is 0 Å². The third-order valence-corrected chi connectivity index (χ3v) is 10.8. The number of hydrogen-bond acceptors (Lipinski definition) is 2. The minimum Gasteiger partial charge on any atom is -0.408 e. The van der Waals surface area contributed by atoms with Gasteiger partial charge in [0.1, 0.15) is 11.7 Å². The van der Waals surface area contributed by atoms with Gasteiger partial charge in [0.05, 0.1) is 0 Å². The van der Waals surface area contributed by atoms with Crippen molar-refractivity contribution in [3.63, 3.8) is 0 Å². The van der Waals surface area contributed by atoms with Crippen molar-refractivity contribution >= 4 is 22.2 Å². The van der Waals surface area contributed by atoms with E-state index < -0.39 is 22.2 Å². The molecule has 1 aliphatic heterocycles. The Kier molecular flexibility index (Phi) is 7.18. The molecule has 4 aromatic rings. The van der Waals surface area contributed by atoms with Crippen molar-refractivity contribution in [2.24, 2.45) is 0 Å². The predicted molar refractivity (Wildman–Crippen MR) is 164 cm³/mol. The number of rotatable bonds is 6. The third kappa shape index (κ3) is 5.02. The summed E-state index contributed by atoms with van der Waals surface area (Å²) in [6.07, 6.45) is -0.253. The van der Waals surface area contributed by atoms with E-state index in [2.05, 4.69) is 155 Å². The van der Waals surface area contributed by atoms with Crippen LogP contribution in [0.3, 0.4) is 0 Å². The molecule has 2 nitrogen and oxygen atoms in total. The molecule has 1 heterocycles. The van der Waals surface area contributed by atoms with Crippen molar-refractivity contribution in [2.75, 3.05) is 0 Å². The Morgan fingerprint density at radius 2 is 1.13 bits per heavy atom. The van der Waals surface area contributed by atoms with E-state index in [-0.39, 0.29) is 6.10 Å². The van der Waals surface area contributed by atoms with Gasteiger partial charge in [-0.2, -0.15) is 0 Å². The molecular weight excluding hydrogens is 497 g/mol. The summed E-state index contributed by atoms with van der Waals surface area (Å²) in [4.78, 5) is 0. The molecule has 0 radical (unpaired) electrons. The number of hydrogen-bond donors (Lipinski definition) is 0. The van der Waals surface area contributed by atoms with Crippen molar-refractivity contribution < 1.29 is 8.85 Å². The Morgan fingerprint density at radius 1 is 0.684 bits per heavy atom. The van der Waals surface area contributed by atoms with Gasteiger partial charge in [0.25, 0.3) is 0 Å². The van der Waals surface area contributed by atoms with Gasteiger partial charge in [-0.1, -0.05) is 121 Å². The first-order valence-corrected chi connectivity index (χ1v) is 19.8. The van der Waals surface area contributed by atoms with Gasteiger partial charge >= 0.3 is 0 Å². The molecule has 194 valence electrons. The van der Waals surface area contributed by atoms with Crippen molar-refractivity contribution in [1.29, 1.82) is 0 Å². The monoisotopic (exact) mass is 534 g/mol. The third-order valence-electron chi connectivity index (χ3n) is 7.24. The lowest BCUT2D eigenvalue weighted by Gasteiger charge is -2.40. The summed E-state index contributed by atoms with van der Waals surface area (Å²) in [5.41, 5.74) is 6.46. The van der Waals surface area contributed by atoms with Gasteiger partial charge in [0.2, 0.25) is 8.32 Å². The maximum absolute atomic E-state index is 7.51. The highest BCUT2D eigenvalue weighted by Gasteiger charge is 2.60. The molecule has 0 saturated carbocycles. The van der Waals surface area contributed by atoms with Crippen molar-refractivity contribution in [1.82, 2.24) is 0 Å². The standard InChI is InChI=1S/C34H38O2Si2/c1-26-22-24-28(25-23-26)31(27-16-10-7-11-17-27)32-33(35-37(2,3)4)34(36-38(32,5)6,29-18-12-8-13-19-29)30-20-14-9-15-21-30/h7-25,33H,1-6H3/b32-31+. The summed E-state index contributed by atoms with van der Waals surface area (Å²) in [7, 11) is -4.53. The first-order valence-electron chi connectivity index (χ1n) is 13.5. The Morgan fingerprint density at radius 3 is 1.61 bits per heavy atom. The number of aryl methyl sites for hydroxylation is 1.